The van der Waals surface area contributed by atoms with Gasteiger partial charge in [0.25, 0.3) is 0 Å². The quantitative estimate of drug-likeness (QED) is 0.186. The number of imidazole rings is 1. The van der Waals surface area contributed by atoms with E-state index in [-0.39, 0.29) is 16.6 Å². The van der Waals surface area contributed by atoms with Gasteiger partial charge in [-0.25, -0.2) is 4.98 Å². The van der Waals surface area contributed by atoms with Crippen LogP contribution in [0.4, 0.5) is 0 Å². The normalized spacial score (nSPS) is 12.0. The minimum absolute atomic E-state index is 0.0942. The topological polar surface area (TPSA) is 50.9 Å². The van der Waals surface area contributed by atoms with E-state index in [1.54, 1.807) is 6.07 Å². The Balaban J connectivity index is 1.34. The van der Waals surface area contributed by atoms with Gasteiger partial charge in [-0.3, -0.25) is 9.55 Å². The number of benzene rings is 6. The summed E-state index contributed by atoms with van der Waals surface area (Å²) in [5, 5.41) is 11.3. The number of hydrogen-bond donors (Lipinski definition) is 1. The van der Waals surface area contributed by atoms with Crippen LogP contribution in [0.3, 0.4) is 0 Å². The average molecular weight is 718 g/mol. The number of pyridine rings is 1. The summed E-state index contributed by atoms with van der Waals surface area (Å²) in [6.07, 6.45) is 1.92. The number of hydrogen-bond acceptors (Lipinski definition) is 3. The summed E-state index contributed by atoms with van der Waals surface area (Å²) in [6, 6.07) is 50.9. The molecule has 6 aromatic carbocycles. The molecule has 8 rings (SSSR count). The van der Waals surface area contributed by atoms with Crippen LogP contribution < -0.4 is 0 Å². The number of aryl methyl sites for hydroxylation is 1. The van der Waals surface area contributed by atoms with Crippen molar-refractivity contribution in [3.63, 3.8) is 0 Å². The third-order valence-electron chi connectivity index (χ3n) is 10.6. The summed E-state index contributed by atoms with van der Waals surface area (Å²) >= 11 is 0. The molecule has 0 spiro atoms. The van der Waals surface area contributed by atoms with Crippen molar-refractivity contribution >= 4 is 11.0 Å². The van der Waals surface area contributed by atoms with Crippen molar-refractivity contribution in [1.29, 1.82) is 0 Å². The second kappa shape index (κ2) is 13.9. The summed E-state index contributed by atoms with van der Waals surface area (Å²) in [7, 11) is 0. The van der Waals surface area contributed by atoms with E-state index in [9.17, 15) is 5.11 Å². The van der Waals surface area contributed by atoms with Gasteiger partial charge in [0.05, 0.1) is 28.0 Å². The standard InChI is InChI=1S/C51H47N3O/c1-33-20-25-45(43(28-33)35-14-9-8-10-15-35)54-46-18-13-17-41(48(46)53-49(54)42-16-11-12-19-47(42)55)37-29-38(31-40(30-37)51(5,6)7)44-32-36(26-27-52-44)34-21-23-39(24-22-34)50(2,3)4/h8-32,55H,1-7H3. The number of fused-ring (bicyclic) bond motifs is 1. The highest BCUT2D eigenvalue weighted by molar-refractivity contribution is 5.97. The summed E-state index contributed by atoms with van der Waals surface area (Å²) in [4.78, 5) is 10.3. The molecule has 0 saturated carbocycles. The van der Waals surface area contributed by atoms with Gasteiger partial charge >= 0.3 is 0 Å². The van der Waals surface area contributed by atoms with E-state index in [0.29, 0.717) is 11.4 Å². The first-order valence-electron chi connectivity index (χ1n) is 19.0. The van der Waals surface area contributed by atoms with Gasteiger partial charge in [0, 0.05) is 22.9 Å². The molecule has 0 radical (unpaired) electrons. The predicted molar refractivity (Wildman–Crippen MR) is 230 cm³/mol. The Hall–Kier alpha value is -6.26. The van der Waals surface area contributed by atoms with E-state index in [2.05, 4.69) is 168 Å². The first-order valence-corrected chi connectivity index (χ1v) is 19.0. The van der Waals surface area contributed by atoms with Crippen LogP contribution in [-0.4, -0.2) is 19.6 Å². The van der Waals surface area contributed by atoms with Gasteiger partial charge in [0.2, 0.25) is 0 Å². The van der Waals surface area contributed by atoms with Gasteiger partial charge in [-0.1, -0.05) is 138 Å². The van der Waals surface area contributed by atoms with Gasteiger partial charge in [0.1, 0.15) is 11.6 Å². The van der Waals surface area contributed by atoms with Crippen LogP contribution in [0.1, 0.15) is 58.2 Å². The molecule has 0 amide bonds. The molecule has 4 heteroatoms. The summed E-state index contributed by atoms with van der Waals surface area (Å²) < 4.78 is 2.21. The van der Waals surface area contributed by atoms with E-state index in [1.165, 1.54) is 22.3 Å². The fraction of sp³-hybridized carbons (Fsp3) is 0.176. The fourth-order valence-electron chi connectivity index (χ4n) is 7.41. The second-order valence-corrected chi connectivity index (χ2v) is 16.7. The molecule has 0 saturated heterocycles. The van der Waals surface area contributed by atoms with Crippen molar-refractivity contribution in [1.82, 2.24) is 14.5 Å². The summed E-state index contributed by atoms with van der Waals surface area (Å²) in [5.74, 6) is 0.866. The zero-order chi connectivity index (χ0) is 38.5. The highest BCUT2D eigenvalue weighted by atomic mass is 16.3. The van der Waals surface area contributed by atoms with Crippen LogP contribution in [0.25, 0.3) is 72.7 Å². The third-order valence-corrected chi connectivity index (χ3v) is 10.6. The van der Waals surface area contributed by atoms with Gasteiger partial charge in [-0.2, -0.15) is 0 Å². The molecule has 1 N–H and O–H groups in total. The molecule has 2 aromatic heterocycles. The first kappa shape index (κ1) is 35.8. The number of rotatable bonds is 6. The van der Waals surface area contributed by atoms with Crippen molar-refractivity contribution in [3.8, 4) is 67.5 Å². The van der Waals surface area contributed by atoms with Gasteiger partial charge in [0.15, 0.2) is 0 Å². The zero-order valence-corrected chi connectivity index (χ0v) is 32.7. The van der Waals surface area contributed by atoms with E-state index < -0.39 is 0 Å². The van der Waals surface area contributed by atoms with Crippen LogP contribution in [0.5, 0.6) is 5.75 Å². The maximum atomic E-state index is 11.3. The highest BCUT2D eigenvalue weighted by Crippen LogP contribution is 2.42. The highest BCUT2D eigenvalue weighted by Gasteiger charge is 2.23. The van der Waals surface area contributed by atoms with Crippen molar-refractivity contribution in [2.45, 2.75) is 59.3 Å². The molecule has 0 unspecified atom stereocenters. The predicted octanol–water partition coefficient (Wildman–Crippen LogP) is 13.4. The first-order chi connectivity index (χ1) is 26.3. The minimum atomic E-state index is -0.119. The molecule has 4 nitrogen and oxygen atoms in total. The molecular weight excluding hydrogens is 671 g/mol. The van der Waals surface area contributed by atoms with E-state index in [1.807, 2.05) is 30.5 Å². The molecule has 0 bridgehead atoms. The molecule has 2 heterocycles. The second-order valence-electron chi connectivity index (χ2n) is 16.7. The maximum Gasteiger partial charge on any atom is 0.149 e. The smallest absolute Gasteiger partial charge is 0.149 e. The number of phenols is 1. The van der Waals surface area contributed by atoms with Crippen LogP contribution in [0, 0.1) is 6.92 Å². The van der Waals surface area contributed by atoms with E-state index in [0.717, 1.165) is 55.8 Å². The molecule has 55 heavy (non-hydrogen) atoms. The molecule has 0 aliphatic heterocycles. The Morgan fingerprint density at radius 2 is 1.20 bits per heavy atom. The Morgan fingerprint density at radius 1 is 0.509 bits per heavy atom. The van der Waals surface area contributed by atoms with E-state index in [4.69, 9.17) is 9.97 Å². The lowest BCUT2D eigenvalue weighted by atomic mass is 9.83. The Bertz CT molecular complexity index is 2670. The molecule has 0 aliphatic rings. The van der Waals surface area contributed by atoms with Crippen molar-refractivity contribution < 1.29 is 5.11 Å². The summed E-state index contributed by atoms with van der Waals surface area (Å²) in [6.45, 7) is 15.6. The van der Waals surface area contributed by atoms with Crippen molar-refractivity contribution in [2.24, 2.45) is 0 Å². The molecular formula is C51H47N3O. The van der Waals surface area contributed by atoms with Crippen LogP contribution in [-0.2, 0) is 10.8 Å². The van der Waals surface area contributed by atoms with Gasteiger partial charge < -0.3 is 5.11 Å². The summed E-state index contributed by atoms with van der Waals surface area (Å²) in [5.41, 5.74) is 15.7. The molecule has 0 fully saturated rings. The molecule has 0 atom stereocenters. The fourth-order valence-corrected chi connectivity index (χ4v) is 7.41. The maximum absolute atomic E-state index is 11.3. The number of aromatic nitrogens is 3. The third kappa shape index (κ3) is 6.97. The average Bonchev–Trinajstić information content (AvgIpc) is 3.57. The zero-order valence-electron chi connectivity index (χ0n) is 32.7. The SMILES string of the molecule is Cc1ccc(-n2c(-c3ccccc3O)nc3c(-c4cc(-c5cc(-c6ccc(C(C)(C)C)cc6)ccn5)cc(C(C)(C)C)c4)cccc32)c(-c2ccccc2)c1. The van der Waals surface area contributed by atoms with Crippen molar-refractivity contribution in [2.75, 3.05) is 0 Å². The van der Waals surface area contributed by atoms with Crippen LogP contribution in [0.15, 0.2) is 152 Å². The Labute approximate surface area is 324 Å². The number of para-hydroxylation sites is 2. The van der Waals surface area contributed by atoms with Crippen LogP contribution in [0.2, 0.25) is 0 Å². The lowest BCUT2D eigenvalue weighted by Gasteiger charge is -2.22. The molecule has 272 valence electrons. The van der Waals surface area contributed by atoms with Gasteiger partial charge in [-0.05, 0) is 106 Å². The van der Waals surface area contributed by atoms with E-state index >= 15 is 0 Å². The largest absolute Gasteiger partial charge is 0.507 e. The lowest BCUT2D eigenvalue weighted by molar-refractivity contribution is 0.477. The minimum Gasteiger partial charge on any atom is -0.507 e. The van der Waals surface area contributed by atoms with Crippen LogP contribution >= 0.6 is 0 Å². The number of aromatic hydroxyl groups is 1. The lowest BCUT2D eigenvalue weighted by Crippen LogP contribution is -2.11. The Kier molecular flexibility index (Phi) is 9.01. The monoisotopic (exact) mass is 717 g/mol. The molecule has 8 aromatic rings. The number of phenolic OH excluding ortho intramolecular Hbond substituents is 1. The van der Waals surface area contributed by atoms with Crippen molar-refractivity contribution in [3.05, 3.63) is 168 Å². The Morgan fingerprint density at radius 3 is 1.93 bits per heavy atom. The molecule has 0 aliphatic carbocycles. The number of nitrogens with zero attached hydrogens (tertiary/aromatic N) is 3. The van der Waals surface area contributed by atoms with Gasteiger partial charge in [-0.15, -0.1) is 0 Å².